The number of aliphatic carboxylic acids is 1. The van der Waals surface area contributed by atoms with E-state index in [1.165, 1.54) is 0 Å². The number of carboxylic acid groups (broad SMARTS) is 1. The molecular weight excluding hydrogens is 336 g/mol. The molecule has 0 spiro atoms. The minimum atomic E-state index is -0.765. The van der Waals surface area contributed by atoms with Crippen LogP contribution < -0.4 is 0 Å². The molecule has 0 saturated heterocycles. The van der Waals surface area contributed by atoms with Crippen LogP contribution in [0, 0.1) is 12.3 Å². The second-order valence-electron chi connectivity index (χ2n) is 5.58. The molecule has 2 aromatic rings. The van der Waals surface area contributed by atoms with E-state index >= 15 is 0 Å². The predicted molar refractivity (Wildman–Crippen MR) is 79.6 cm³/mol. The third-order valence-electron chi connectivity index (χ3n) is 4.11. The molecular formula is C14H15BrN4O2. The van der Waals surface area contributed by atoms with Crippen LogP contribution in [0.3, 0.4) is 0 Å². The fourth-order valence-electron chi connectivity index (χ4n) is 2.64. The number of nitrogens with zero attached hydrogens (tertiary/aromatic N) is 4. The summed E-state index contributed by atoms with van der Waals surface area (Å²) in [6.45, 7) is 2.31. The summed E-state index contributed by atoms with van der Waals surface area (Å²) in [7, 11) is 0. The van der Waals surface area contributed by atoms with Gasteiger partial charge in [0.2, 0.25) is 0 Å². The maximum Gasteiger partial charge on any atom is 0.311 e. The quantitative estimate of drug-likeness (QED) is 0.916. The zero-order chi connectivity index (χ0) is 15.0. The van der Waals surface area contributed by atoms with E-state index in [1.807, 2.05) is 25.1 Å². The van der Waals surface area contributed by atoms with Crippen molar-refractivity contribution in [1.29, 1.82) is 0 Å². The third-order valence-corrected chi connectivity index (χ3v) is 4.80. The van der Waals surface area contributed by atoms with Gasteiger partial charge in [-0.15, -0.1) is 5.10 Å². The third kappa shape index (κ3) is 2.46. The topological polar surface area (TPSA) is 80.9 Å². The van der Waals surface area contributed by atoms with Gasteiger partial charge in [0.15, 0.2) is 5.82 Å². The summed E-state index contributed by atoms with van der Waals surface area (Å²) in [4.78, 5) is 11.5. The van der Waals surface area contributed by atoms with E-state index in [9.17, 15) is 9.90 Å². The van der Waals surface area contributed by atoms with Crippen molar-refractivity contribution in [2.24, 2.45) is 5.41 Å². The summed E-state index contributed by atoms with van der Waals surface area (Å²) >= 11 is 3.50. The summed E-state index contributed by atoms with van der Waals surface area (Å²) in [5.41, 5.74) is 1.25. The molecule has 21 heavy (non-hydrogen) atoms. The van der Waals surface area contributed by atoms with Crippen molar-refractivity contribution >= 4 is 21.9 Å². The minimum Gasteiger partial charge on any atom is -0.481 e. The van der Waals surface area contributed by atoms with Crippen LogP contribution in [0.2, 0.25) is 0 Å². The molecule has 0 radical (unpaired) electrons. The van der Waals surface area contributed by atoms with Gasteiger partial charge in [0.25, 0.3) is 0 Å². The standard InChI is InChI=1S/C14H15BrN4O2/c1-9-3-4-11(15)10(7-9)12-16-17-18-19(12)8-14(13(20)21)5-2-6-14/h3-4,7H,2,5-6,8H2,1H3,(H,20,21). The van der Waals surface area contributed by atoms with E-state index in [0.29, 0.717) is 25.2 Å². The van der Waals surface area contributed by atoms with Crippen molar-refractivity contribution in [3.63, 3.8) is 0 Å². The molecule has 1 saturated carbocycles. The molecule has 3 rings (SSSR count). The van der Waals surface area contributed by atoms with Gasteiger partial charge >= 0.3 is 5.97 Å². The SMILES string of the molecule is Cc1ccc(Br)c(-c2nnnn2CC2(C(=O)O)CCC2)c1. The molecule has 1 aliphatic carbocycles. The Kier molecular flexibility index (Phi) is 3.52. The fourth-order valence-corrected chi connectivity index (χ4v) is 3.07. The highest BCUT2D eigenvalue weighted by atomic mass is 79.9. The molecule has 0 amide bonds. The number of hydrogen-bond acceptors (Lipinski definition) is 4. The predicted octanol–water partition coefficient (Wildman–Crippen LogP) is 2.67. The van der Waals surface area contributed by atoms with E-state index < -0.39 is 11.4 Å². The number of aryl methyl sites for hydroxylation is 1. The van der Waals surface area contributed by atoms with Crippen molar-refractivity contribution in [3.8, 4) is 11.4 Å². The lowest BCUT2D eigenvalue weighted by Crippen LogP contribution is -2.42. The molecule has 0 aliphatic heterocycles. The Balaban J connectivity index is 1.98. The van der Waals surface area contributed by atoms with Gasteiger partial charge < -0.3 is 5.11 Å². The first-order chi connectivity index (χ1) is 10.0. The van der Waals surface area contributed by atoms with Crippen LogP contribution >= 0.6 is 15.9 Å². The van der Waals surface area contributed by atoms with Gasteiger partial charge in [-0.2, -0.15) is 0 Å². The molecule has 7 heteroatoms. The summed E-state index contributed by atoms with van der Waals surface area (Å²) in [6, 6.07) is 5.92. The first kappa shape index (κ1) is 14.2. The van der Waals surface area contributed by atoms with Crippen LogP contribution in [0.1, 0.15) is 24.8 Å². The molecule has 1 aromatic carbocycles. The lowest BCUT2D eigenvalue weighted by atomic mass is 9.69. The first-order valence-corrected chi connectivity index (χ1v) is 7.57. The van der Waals surface area contributed by atoms with Crippen LogP contribution in [0.25, 0.3) is 11.4 Å². The van der Waals surface area contributed by atoms with Crippen LogP contribution in [0.5, 0.6) is 0 Å². The van der Waals surface area contributed by atoms with Crippen LogP contribution in [0.15, 0.2) is 22.7 Å². The Labute approximate surface area is 130 Å². The lowest BCUT2D eigenvalue weighted by Gasteiger charge is -2.37. The van der Waals surface area contributed by atoms with Gasteiger partial charge in [0.05, 0.1) is 12.0 Å². The number of tetrazole rings is 1. The van der Waals surface area contributed by atoms with Gasteiger partial charge in [-0.3, -0.25) is 4.79 Å². The van der Waals surface area contributed by atoms with Crippen LogP contribution in [-0.4, -0.2) is 31.3 Å². The van der Waals surface area contributed by atoms with E-state index in [1.54, 1.807) is 4.68 Å². The van der Waals surface area contributed by atoms with Gasteiger partial charge in [-0.05, 0) is 42.3 Å². The minimum absolute atomic E-state index is 0.311. The second-order valence-corrected chi connectivity index (χ2v) is 6.44. The summed E-state index contributed by atoms with van der Waals surface area (Å²) in [5.74, 6) is -0.170. The van der Waals surface area contributed by atoms with E-state index in [0.717, 1.165) is 22.0 Å². The van der Waals surface area contributed by atoms with E-state index in [-0.39, 0.29) is 0 Å². The number of rotatable bonds is 4. The molecule has 110 valence electrons. The number of carbonyl (C=O) groups is 1. The zero-order valence-electron chi connectivity index (χ0n) is 11.6. The Morgan fingerprint density at radius 1 is 1.48 bits per heavy atom. The van der Waals surface area contributed by atoms with Gasteiger partial charge in [-0.25, -0.2) is 4.68 Å². The van der Waals surface area contributed by atoms with Gasteiger partial charge in [0.1, 0.15) is 0 Å². The van der Waals surface area contributed by atoms with Crippen molar-refractivity contribution in [3.05, 3.63) is 28.2 Å². The average molecular weight is 351 g/mol. The molecule has 6 nitrogen and oxygen atoms in total. The van der Waals surface area contributed by atoms with E-state index in [4.69, 9.17) is 0 Å². The summed E-state index contributed by atoms with van der Waals surface area (Å²) in [5, 5.41) is 21.2. The number of carboxylic acids is 1. The van der Waals surface area contributed by atoms with Gasteiger partial charge in [0, 0.05) is 10.0 Å². The molecule has 0 unspecified atom stereocenters. The molecule has 1 aliphatic rings. The molecule has 1 N–H and O–H groups in total. The number of aromatic nitrogens is 4. The van der Waals surface area contributed by atoms with Gasteiger partial charge in [-0.1, -0.05) is 34.0 Å². The maximum atomic E-state index is 11.5. The molecule has 1 aromatic heterocycles. The normalized spacial score (nSPS) is 16.5. The second kappa shape index (κ2) is 5.22. The van der Waals surface area contributed by atoms with Crippen molar-refractivity contribution in [2.45, 2.75) is 32.7 Å². The molecule has 1 fully saturated rings. The fraction of sp³-hybridized carbons (Fsp3) is 0.429. The largest absolute Gasteiger partial charge is 0.481 e. The molecule has 0 bridgehead atoms. The molecule has 1 heterocycles. The van der Waals surface area contributed by atoms with Crippen molar-refractivity contribution in [1.82, 2.24) is 20.2 Å². The highest BCUT2D eigenvalue weighted by Gasteiger charge is 2.45. The number of benzene rings is 1. The Morgan fingerprint density at radius 2 is 2.24 bits per heavy atom. The van der Waals surface area contributed by atoms with Crippen LogP contribution in [0.4, 0.5) is 0 Å². The summed E-state index contributed by atoms with van der Waals surface area (Å²) < 4.78 is 2.49. The average Bonchev–Trinajstić information content (AvgIpc) is 2.84. The van der Waals surface area contributed by atoms with Crippen molar-refractivity contribution in [2.75, 3.05) is 0 Å². The highest BCUT2D eigenvalue weighted by molar-refractivity contribution is 9.10. The molecule has 0 atom stereocenters. The number of halogens is 1. The Hall–Kier alpha value is -1.76. The lowest BCUT2D eigenvalue weighted by molar-refractivity contribution is -0.156. The monoisotopic (exact) mass is 350 g/mol. The zero-order valence-corrected chi connectivity index (χ0v) is 13.2. The first-order valence-electron chi connectivity index (χ1n) is 6.78. The highest BCUT2D eigenvalue weighted by Crippen LogP contribution is 2.43. The summed E-state index contributed by atoms with van der Waals surface area (Å²) in [6.07, 6.45) is 2.30. The van der Waals surface area contributed by atoms with E-state index in [2.05, 4.69) is 31.5 Å². The smallest absolute Gasteiger partial charge is 0.311 e. The van der Waals surface area contributed by atoms with Crippen LogP contribution in [-0.2, 0) is 11.3 Å². The Morgan fingerprint density at radius 3 is 2.86 bits per heavy atom. The number of hydrogen-bond donors (Lipinski definition) is 1. The van der Waals surface area contributed by atoms with Crippen molar-refractivity contribution < 1.29 is 9.90 Å². The maximum absolute atomic E-state index is 11.5. The Bertz CT molecular complexity index is 694.